The van der Waals surface area contributed by atoms with Crippen LogP contribution in [0.1, 0.15) is 6.42 Å². The van der Waals surface area contributed by atoms with Crippen LogP contribution in [-0.4, -0.2) is 27.2 Å². The van der Waals surface area contributed by atoms with Crippen LogP contribution in [0.15, 0.2) is 30.6 Å². The lowest BCUT2D eigenvalue weighted by Crippen LogP contribution is -2.16. The molecule has 2 aromatic rings. The summed E-state index contributed by atoms with van der Waals surface area (Å²) in [5, 5.41) is 10.6. The maximum absolute atomic E-state index is 11.5. The molecule has 0 unspecified atom stereocenters. The highest BCUT2D eigenvalue weighted by atomic mass is 16.1. The number of carbonyl (C=O) groups is 1. The second-order valence-electron chi connectivity index (χ2n) is 3.93. The molecule has 0 aliphatic carbocycles. The molecular formula is C12H15N5O. The Hall–Kier alpha value is -2.21. The lowest BCUT2D eigenvalue weighted by molar-refractivity contribution is -0.116. The summed E-state index contributed by atoms with van der Waals surface area (Å²) in [6, 6.07) is 7.47. The minimum atomic E-state index is -0.0902. The number of nitrogens with one attached hydrogen (secondary N) is 1. The third kappa shape index (κ3) is 2.72. The third-order valence-corrected chi connectivity index (χ3v) is 2.49. The minimum absolute atomic E-state index is 0.0902. The molecule has 1 amide bonds. The van der Waals surface area contributed by atoms with Gasteiger partial charge in [0.05, 0.1) is 0 Å². The third-order valence-electron chi connectivity index (χ3n) is 2.49. The highest BCUT2D eigenvalue weighted by Crippen LogP contribution is 2.19. The van der Waals surface area contributed by atoms with Crippen molar-refractivity contribution in [2.75, 3.05) is 11.9 Å². The zero-order chi connectivity index (χ0) is 13.0. The fraction of sp³-hybridized carbons (Fsp3) is 0.250. The normalized spacial score (nSPS) is 10.3. The number of anilines is 1. The van der Waals surface area contributed by atoms with E-state index in [4.69, 9.17) is 5.73 Å². The molecule has 0 saturated heterocycles. The summed E-state index contributed by atoms with van der Waals surface area (Å²) in [4.78, 5) is 11.5. The predicted octanol–water partition coefficient (Wildman–Crippen LogP) is 0.769. The van der Waals surface area contributed by atoms with Crippen LogP contribution < -0.4 is 11.1 Å². The number of rotatable bonds is 4. The fourth-order valence-corrected chi connectivity index (χ4v) is 1.64. The maximum atomic E-state index is 11.5. The Bertz CT molecular complexity index is 549. The van der Waals surface area contributed by atoms with E-state index in [-0.39, 0.29) is 5.91 Å². The van der Waals surface area contributed by atoms with Crippen molar-refractivity contribution >= 4 is 11.6 Å². The van der Waals surface area contributed by atoms with Gasteiger partial charge in [0.25, 0.3) is 0 Å². The van der Waals surface area contributed by atoms with E-state index >= 15 is 0 Å². The van der Waals surface area contributed by atoms with E-state index in [0.29, 0.717) is 13.0 Å². The van der Waals surface area contributed by atoms with Gasteiger partial charge in [0.15, 0.2) is 5.82 Å². The van der Waals surface area contributed by atoms with E-state index in [1.54, 1.807) is 6.33 Å². The molecule has 1 heterocycles. The van der Waals surface area contributed by atoms with E-state index in [1.165, 1.54) is 0 Å². The highest BCUT2D eigenvalue weighted by molar-refractivity contribution is 5.91. The van der Waals surface area contributed by atoms with E-state index in [9.17, 15) is 4.79 Å². The van der Waals surface area contributed by atoms with Crippen LogP contribution in [0.3, 0.4) is 0 Å². The average molecular weight is 245 g/mol. The van der Waals surface area contributed by atoms with Crippen LogP contribution in [0.2, 0.25) is 0 Å². The quantitative estimate of drug-likeness (QED) is 0.833. The predicted molar refractivity (Wildman–Crippen MR) is 68.7 cm³/mol. The molecule has 6 heteroatoms. The van der Waals surface area contributed by atoms with Crippen LogP contribution in [0.25, 0.3) is 11.4 Å². The molecule has 0 aliphatic heterocycles. The molecule has 94 valence electrons. The van der Waals surface area contributed by atoms with Crippen molar-refractivity contribution in [1.29, 1.82) is 0 Å². The number of carbonyl (C=O) groups excluding carboxylic acids is 1. The van der Waals surface area contributed by atoms with E-state index in [0.717, 1.165) is 17.1 Å². The summed E-state index contributed by atoms with van der Waals surface area (Å²) in [5.41, 5.74) is 6.96. The highest BCUT2D eigenvalue weighted by Gasteiger charge is 2.06. The largest absolute Gasteiger partial charge is 0.330 e. The number of amides is 1. The SMILES string of the molecule is Cn1cnnc1-c1cccc(NC(=O)CCN)c1. The summed E-state index contributed by atoms with van der Waals surface area (Å²) in [7, 11) is 1.87. The van der Waals surface area contributed by atoms with Gasteiger partial charge < -0.3 is 15.6 Å². The second-order valence-corrected chi connectivity index (χ2v) is 3.93. The van der Waals surface area contributed by atoms with Gasteiger partial charge >= 0.3 is 0 Å². The molecule has 0 radical (unpaired) electrons. The van der Waals surface area contributed by atoms with Gasteiger partial charge in [-0.25, -0.2) is 0 Å². The van der Waals surface area contributed by atoms with Gasteiger partial charge in [0.2, 0.25) is 5.91 Å². The number of benzene rings is 1. The second kappa shape index (κ2) is 5.42. The molecule has 1 aromatic heterocycles. The van der Waals surface area contributed by atoms with Gasteiger partial charge in [-0.05, 0) is 12.1 Å². The van der Waals surface area contributed by atoms with Gasteiger partial charge in [-0.2, -0.15) is 0 Å². The molecule has 3 N–H and O–H groups in total. The van der Waals surface area contributed by atoms with Gasteiger partial charge in [-0.15, -0.1) is 10.2 Å². The molecule has 0 fully saturated rings. The van der Waals surface area contributed by atoms with Gasteiger partial charge in [0, 0.05) is 31.3 Å². The first-order valence-electron chi connectivity index (χ1n) is 5.65. The number of aryl methyl sites for hydroxylation is 1. The molecule has 18 heavy (non-hydrogen) atoms. The maximum Gasteiger partial charge on any atom is 0.225 e. The molecule has 1 aromatic carbocycles. The number of hydrogen-bond donors (Lipinski definition) is 2. The first kappa shape index (κ1) is 12.3. The molecule has 0 bridgehead atoms. The van der Waals surface area contributed by atoms with Crippen molar-refractivity contribution in [3.8, 4) is 11.4 Å². The van der Waals surface area contributed by atoms with Gasteiger partial charge in [0.1, 0.15) is 6.33 Å². The number of nitrogens with zero attached hydrogens (tertiary/aromatic N) is 3. The Morgan fingerprint density at radius 1 is 1.50 bits per heavy atom. The Balaban J connectivity index is 2.20. The smallest absolute Gasteiger partial charge is 0.225 e. The molecule has 0 aliphatic rings. The summed E-state index contributed by atoms with van der Waals surface area (Å²) in [6.07, 6.45) is 1.95. The Morgan fingerprint density at radius 2 is 2.33 bits per heavy atom. The Morgan fingerprint density at radius 3 is 3.00 bits per heavy atom. The first-order valence-corrected chi connectivity index (χ1v) is 5.65. The van der Waals surface area contributed by atoms with Crippen LogP contribution in [0.4, 0.5) is 5.69 Å². The van der Waals surface area contributed by atoms with Crippen molar-refractivity contribution < 1.29 is 4.79 Å². The standard InChI is InChI=1S/C12H15N5O/c1-17-8-14-16-12(17)9-3-2-4-10(7-9)15-11(18)5-6-13/h2-4,7-8H,5-6,13H2,1H3,(H,15,18). The number of aromatic nitrogens is 3. The minimum Gasteiger partial charge on any atom is -0.330 e. The molecule has 2 rings (SSSR count). The average Bonchev–Trinajstić information content (AvgIpc) is 2.76. The lowest BCUT2D eigenvalue weighted by Gasteiger charge is -2.06. The Kier molecular flexibility index (Phi) is 3.69. The van der Waals surface area contributed by atoms with E-state index in [2.05, 4.69) is 15.5 Å². The number of hydrogen-bond acceptors (Lipinski definition) is 4. The molecule has 0 spiro atoms. The van der Waals surface area contributed by atoms with E-state index < -0.39 is 0 Å². The van der Waals surface area contributed by atoms with Crippen molar-refractivity contribution in [2.45, 2.75) is 6.42 Å². The van der Waals surface area contributed by atoms with Crippen LogP contribution in [-0.2, 0) is 11.8 Å². The van der Waals surface area contributed by atoms with Crippen molar-refractivity contribution in [1.82, 2.24) is 14.8 Å². The zero-order valence-corrected chi connectivity index (χ0v) is 10.1. The van der Waals surface area contributed by atoms with Crippen molar-refractivity contribution in [3.05, 3.63) is 30.6 Å². The summed E-state index contributed by atoms with van der Waals surface area (Å²) in [6.45, 7) is 0.342. The van der Waals surface area contributed by atoms with Gasteiger partial charge in [-0.3, -0.25) is 4.79 Å². The van der Waals surface area contributed by atoms with Crippen molar-refractivity contribution in [2.24, 2.45) is 12.8 Å². The zero-order valence-electron chi connectivity index (χ0n) is 10.1. The monoisotopic (exact) mass is 245 g/mol. The van der Waals surface area contributed by atoms with E-state index in [1.807, 2.05) is 35.9 Å². The molecule has 0 atom stereocenters. The van der Waals surface area contributed by atoms with Crippen LogP contribution in [0.5, 0.6) is 0 Å². The van der Waals surface area contributed by atoms with Crippen LogP contribution >= 0.6 is 0 Å². The first-order chi connectivity index (χ1) is 8.70. The molecule has 0 saturated carbocycles. The number of nitrogens with two attached hydrogens (primary N) is 1. The molecular weight excluding hydrogens is 230 g/mol. The summed E-state index contributed by atoms with van der Waals surface area (Å²) >= 11 is 0. The lowest BCUT2D eigenvalue weighted by atomic mass is 10.2. The Labute approximate surface area is 105 Å². The summed E-state index contributed by atoms with van der Waals surface area (Å²) < 4.78 is 1.82. The van der Waals surface area contributed by atoms with Crippen molar-refractivity contribution in [3.63, 3.8) is 0 Å². The molecule has 6 nitrogen and oxygen atoms in total. The fourth-order valence-electron chi connectivity index (χ4n) is 1.64. The summed E-state index contributed by atoms with van der Waals surface area (Å²) in [5.74, 6) is 0.664. The van der Waals surface area contributed by atoms with Gasteiger partial charge in [-0.1, -0.05) is 12.1 Å². The van der Waals surface area contributed by atoms with Crippen LogP contribution in [0, 0.1) is 0 Å². The topological polar surface area (TPSA) is 85.8 Å².